The number of likely N-dealkylation sites (tertiary alicyclic amines) is 1. The normalized spacial score (nSPS) is 26.0. The van der Waals surface area contributed by atoms with E-state index in [9.17, 15) is 13.2 Å². The fourth-order valence-corrected chi connectivity index (χ4v) is 5.34. The van der Waals surface area contributed by atoms with Crippen molar-refractivity contribution in [1.82, 2.24) is 14.1 Å². The van der Waals surface area contributed by atoms with Crippen molar-refractivity contribution in [2.75, 3.05) is 33.2 Å². The number of piperazine rings is 1. The Bertz CT molecular complexity index is 730. The third kappa shape index (κ3) is 3.80. The van der Waals surface area contributed by atoms with Gasteiger partial charge in [0.2, 0.25) is 10.0 Å². The quantitative estimate of drug-likeness (QED) is 0.806. The highest BCUT2D eigenvalue weighted by molar-refractivity contribution is 7.89. The van der Waals surface area contributed by atoms with Gasteiger partial charge in [0.15, 0.2) is 0 Å². The highest BCUT2D eigenvalue weighted by Gasteiger charge is 2.31. The molecule has 2 saturated heterocycles. The molecule has 0 aromatic heterocycles. The molecule has 3 rings (SSSR count). The number of amides is 1. The number of hydrogen-bond donors (Lipinski definition) is 0. The molecule has 7 heteroatoms. The van der Waals surface area contributed by atoms with E-state index >= 15 is 0 Å². The third-order valence-corrected chi connectivity index (χ3v) is 7.54. The highest BCUT2D eigenvalue weighted by Crippen LogP contribution is 2.25. The van der Waals surface area contributed by atoms with Crippen LogP contribution in [0.3, 0.4) is 0 Å². The second kappa shape index (κ2) is 7.66. The lowest BCUT2D eigenvalue weighted by Crippen LogP contribution is -2.47. The number of nitrogens with zero attached hydrogens (tertiary/aromatic N) is 3. The molecule has 26 heavy (non-hydrogen) atoms. The average molecular weight is 380 g/mol. The number of carbonyl (C=O) groups is 1. The minimum Gasteiger partial charge on any atom is -0.333 e. The van der Waals surface area contributed by atoms with E-state index in [1.54, 1.807) is 24.3 Å². The van der Waals surface area contributed by atoms with Crippen LogP contribution in [0.2, 0.25) is 0 Å². The van der Waals surface area contributed by atoms with Gasteiger partial charge in [-0.3, -0.25) is 4.79 Å². The first-order valence-corrected chi connectivity index (χ1v) is 10.9. The topological polar surface area (TPSA) is 60.9 Å². The van der Waals surface area contributed by atoms with E-state index in [1.165, 1.54) is 4.31 Å². The van der Waals surface area contributed by atoms with Gasteiger partial charge in [0.05, 0.1) is 4.90 Å². The highest BCUT2D eigenvalue weighted by atomic mass is 32.2. The minimum absolute atomic E-state index is 0.00625. The number of rotatable bonds is 3. The monoisotopic (exact) mass is 379 g/mol. The molecule has 1 aromatic rings. The smallest absolute Gasteiger partial charge is 0.254 e. The number of carbonyl (C=O) groups excluding carboxylic acids is 1. The van der Waals surface area contributed by atoms with Gasteiger partial charge in [0.1, 0.15) is 0 Å². The molecule has 1 aromatic carbocycles. The Morgan fingerprint density at radius 1 is 0.962 bits per heavy atom. The van der Waals surface area contributed by atoms with E-state index in [0.717, 1.165) is 32.4 Å². The Kier molecular flexibility index (Phi) is 5.69. The standard InChI is InChI=1S/C19H29N3O3S/c1-15-5-4-6-16(2)22(15)19(23)17-7-9-18(10-8-17)26(24,25)21-13-11-20(3)12-14-21/h7-10,15-16H,4-6,11-14H2,1-3H3/t15-,16+. The van der Waals surface area contributed by atoms with Crippen LogP contribution >= 0.6 is 0 Å². The molecule has 0 saturated carbocycles. The summed E-state index contributed by atoms with van der Waals surface area (Å²) in [6, 6.07) is 6.89. The lowest BCUT2D eigenvalue weighted by molar-refractivity contribution is 0.0510. The molecule has 0 spiro atoms. The van der Waals surface area contributed by atoms with Crippen LogP contribution in [0.1, 0.15) is 43.5 Å². The summed E-state index contributed by atoms with van der Waals surface area (Å²) in [5.41, 5.74) is 0.558. The lowest BCUT2D eigenvalue weighted by atomic mass is 9.96. The van der Waals surface area contributed by atoms with E-state index in [4.69, 9.17) is 0 Å². The van der Waals surface area contributed by atoms with Crippen LogP contribution in [0.4, 0.5) is 0 Å². The van der Waals surface area contributed by atoms with Crippen molar-refractivity contribution < 1.29 is 13.2 Å². The van der Waals surface area contributed by atoms with Crippen LogP contribution in [-0.4, -0.2) is 73.7 Å². The van der Waals surface area contributed by atoms with Crippen LogP contribution in [0.5, 0.6) is 0 Å². The molecule has 2 aliphatic rings. The Balaban J connectivity index is 1.76. The maximum atomic E-state index is 12.9. The van der Waals surface area contributed by atoms with E-state index in [1.807, 2.05) is 11.9 Å². The van der Waals surface area contributed by atoms with Crippen molar-refractivity contribution in [1.29, 1.82) is 0 Å². The first-order valence-electron chi connectivity index (χ1n) is 9.42. The van der Waals surface area contributed by atoms with Gasteiger partial charge in [0, 0.05) is 43.8 Å². The van der Waals surface area contributed by atoms with Gasteiger partial charge in [-0.25, -0.2) is 8.42 Å². The molecule has 0 aliphatic carbocycles. The van der Waals surface area contributed by atoms with Crippen LogP contribution in [-0.2, 0) is 10.0 Å². The Labute approximate surface area is 156 Å². The number of sulfonamides is 1. The van der Waals surface area contributed by atoms with Gasteiger partial charge in [-0.1, -0.05) is 0 Å². The van der Waals surface area contributed by atoms with E-state index in [0.29, 0.717) is 18.7 Å². The Hall–Kier alpha value is -1.44. The minimum atomic E-state index is -3.49. The Morgan fingerprint density at radius 2 is 1.50 bits per heavy atom. The maximum absolute atomic E-state index is 12.9. The average Bonchev–Trinajstić information content (AvgIpc) is 2.62. The van der Waals surface area contributed by atoms with Gasteiger partial charge in [-0.15, -0.1) is 0 Å². The zero-order chi connectivity index (χ0) is 18.9. The molecule has 2 atom stereocenters. The van der Waals surface area contributed by atoms with Crippen molar-refractivity contribution in [3.8, 4) is 0 Å². The van der Waals surface area contributed by atoms with Crippen molar-refractivity contribution in [3.05, 3.63) is 29.8 Å². The number of likely N-dealkylation sites (N-methyl/N-ethyl adjacent to an activating group) is 1. The SMILES string of the molecule is C[C@@H]1CCC[C@H](C)N1C(=O)c1ccc(S(=O)(=O)N2CCN(C)CC2)cc1. The molecule has 0 N–H and O–H groups in total. The summed E-state index contributed by atoms with van der Waals surface area (Å²) in [5, 5.41) is 0. The fourth-order valence-electron chi connectivity index (χ4n) is 3.92. The van der Waals surface area contributed by atoms with Crippen LogP contribution < -0.4 is 0 Å². The molecule has 0 radical (unpaired) electrons. The van der Waals surface area contributed by atoms with Crippen LogP contribution in [0.25, 0.3) is 0 Å². The summed E-state index contributed by atoms with van der Waals surface area (Å²) in [6.07, 6.45) is 3.19. The second-order valence-electron chi connectivity index (χ2n) is 7.57. The van der Waals surface area contributed by atoms with E-state index in [2.05, 4.69) is 18.7 Å². The number of benzene rings is 1. The number of piperidine rings is 1. The van der Waals surface area contributed by atoms with Gasteiger partial charge in [-0.2, -0.15) is 4.31 Å². The van der Waals surface area contributed by atoms with E-state index < -0.39 is 10.0 Å². The van der Waals surface area contributed by atoms with Crippen molar-refractivity contribution >= 4 is 15.9 Å². The van der Waals surface area contributed by atoms with Crippen molar-refractivity contribution in [2.45, 2.75) is 50.1 Å². The summed E-state index contributed by atoms with van der Waals surface area (Å²) >= 11 is 0. The predicted octanol–water partition coefficient (Wildman–Crippen LogP) is 2.03. The van der Waals surface area contributed by atoms with Gasteiger partial charge >= 0.3 is 0 Å². The molecular weight excluding hydrogens is 350 g/mol. The summed E-state index contributed by atoms with van der Waals surface area (Å²) in [7, 11) is -1.50. The largest absolute Gasteiger partial charge is 0.333 e. The van der Waals surface area contributed by atoms with Crippen molar-refractivity contribution in [2.24, 2.45) is 0 Å². The molecular formula is C19H29N3O3S. The summed E-state index contributed by atoms with van der Waals surface area (Å²) < 4.78 is 27.1. The molecule has 2 heterocycles. The lowest BCUT2D eigenvalue weighted by Gasteiger charge is -2.39. The van der Waals surface area contributed by atoms with Gasteiger partial charge in [0.25, 0.3) is 5.91 Å². The molecule has 144 valence electrons. The van der Waals surface area contributed by atoms with Crippen LogP contribution in [0, 0.1) is 0 Å². The molecule has 2 aliphatic heterocycles. The number of hydrogen-bond acceptors (Lipinski definition) is 4. The third-order valence-electron chi connectivity index (χ3n) is 5.63. The maximum Gasteiger partial charge on any atom is 0.254 e. The molecule has 6 nitrogen and oxygen atoms in total. The van der Waals surface area contributed by atoms with E-state index in [-0.39, 0.29) is 22.9 Å². The summed E-state index contributed by atoms with van der Waals surface area (Å²) in [4.78, 5) is 17.2. The van der Waals surface area contributed by atoms with Crippen molar-refractivity contribution in [3.63, 3.8) is 0 Å². The predicted molar refractivity (Wildman–Crippen MR) is 102 cm³/mol. The first-order chi connectivity index (χ1) is 12.3. The second-order valence-corrected chi connectivity index (χ2v) is 9.51. The zero-order valence-corrected chi connectivity index (χ0v) is 16.7. The molecule has 0 bridgehead atoms. The molecule has 1 amide bonds. The zero-order valence-electron chi connectivity index (χ0n) is 15.9. The molecule has 0 unspecified atom stereocenters. The fraction of sp³-hybridized carbons (Fsp3) is 0.632. The summed E-state index contributed by atoms with van der Waals surface area (Å²) in [5.74, 6) is -0.00625. The van der Waals surface area contributed by atoms with Gasteiger partial charge < -0.3 is 9.80 Å². The molecule has 2 fully saturated rings. The van der Waals surface area contributed by atoms with Crippen LogP contribution in [0.15, 0.2) is 29.2 Å². The van der Waals surface area contributed by atoms with Gasteiger partial charge in [-0.05, 0) is 64.4 Å². The summed E-state index contributed by atoms with van der Waals surface area (Å²) in [6.45, 7) is 6.64. The Morgan fingerprint density at radius 3 is 2.04 bits per heavy atom. The first kappa shape index (κ1) is 19.3.